The first kappa shape index (κ1) is 11.0. The van der Waals surface area contributed by atoms with E-state index in [2.05, 4.69) is 10.1 Å². The first-order valence-corrected chi connectivity index (χ1v) is 4.20. The summed E-state index contributed by atoms with van der Waals surface area (Å²) >= 11 is 0. The van der Waals surface area contributed by atoms with Crippen LogP contribution in [0.4, 0.5) is 0 Å². The lowest BCUT2D eigenvalue weighted by atomic mass is 9.93. The number of amides is 1. The van der Waals surface area contributed by atoms with E-state index in [1.54, 1.807) is 0 Å². The quantitative estimate of drug-likeness (QED) is 0.631. The Balaban J connectivity index is 3.10. The van der Waals surface area contributed by atoms with Crippen LogP contribution in [0.1, 0.15) is 6.42 Å². The highest BCUT2D eigenvalue weighted by molar-refractivity contribution is 5.88. The largest absolute Gasteiger partial charge is 0.482 e. The molecule has 0 aromatic heterocycles. The van der Waals surface area contributed by atoms with E-state index in [1.807, 2.05) is 6.07 Å². The van der Waals surface area contributed by atoms with Gasteiger partial charge in [-0.15, -0.1) is 0 Å². The first-order valence-electron chi connectivity index (χ1n) is 4.20. The molecule has 0 aromatic carbocycles. The van der Waals surface area contributed by atoms with Crippen molar-refractivity contribution < 1.29 is 19.1 Å². The molecule has 0 bridgehead atoms. The summed E-state index contributed by atoms with van der Waals surface area (Å²) in [5.74, 6) is -1.84. The van der Waals surface area contributed by atoms with Crippen LogP contribution in [0.2, 0.25) is 0 Å². The maximum atomic E-state index is 11.3. The van der Waals surface area contributed by atoms with Crippen molar-refractivity contribution >= 4 is 11.9 Å². The fourth-order valence-electron chi connectivity index (χ4n) is 1.32. The van der Waals surface area contributed by atoms with Gasteiger partial charge in [-0.1, -0.05) is 0 Å². The van der Waals surface area contributed by atoms with Crippen LogP contribution in [-0.2, 0) is 19.1 Å². The molecule has 1 aliphatic rings. The van der Waals surface area contributed by atoms with Crippen LogP contribution in [0.15, 0.2) is 11.5 Å². The Bertz CT molecular complexity index is 367. The van der Waals surface area contributed by atoms with E-state index < -0.39 is 11.9 Å². The number of hydrogen-bond donors (Lipinski definition) is 1. The van der Waals surface area contributed by atoms with Gasteiger partial charge in [0.2, 0.25) is 11.8 Å². The topological polar surface area (TPSA) is 88.4 Å². The summed E-state index contributed by atoms with van der Waals surface area (Å²) < 4.78 is 9.31. The molecular formula is C9H10N2O4. The minimum atomic E-state index is -0.872. The molecule has 0 saturated heterocycles. The van der Waals surface area contributed by atoms with Crippen LogP contribution in [0.5, 0.6) is 0 Å². The van der Waals surface area contributed by atoms with E-state index in [1.165, 1.54) is 14.2 Å². The number of hydrogen-bond acceptors (Lipinski definition) is 5. The molecule has 1 aliphatic heterocycles. The molecule has 1 amide bonds. The van der Waals surface area contributed by atoms with E-state index in [-0.39, 0.29) is 23.8 Å². The minimum Gasteiger partial charge on any atom is -0.482 e. The molecule has 0 aliphatic carbocycles. The van der Waals surface area contributed by atoms with Crippen LogP contribution in [-0.4, -0.2) is 26.1 Å². The van der Waals surface area contributed by atoms with Gasteiger partial charge in [-0.25, -0.2) is 0 Å². The minimum absolute atomic E-state index is 0.0177. The van der Waals surface area contributed by atoms with Gasteiger partial charge in [0.05, 0.1) is 14.2 Å². The predicted octanol–water partition coefficient (Wildman–Crippen LogP) is -0.323. The Kier molecular flexibility index (Phi) is 3.29. The normalized spacial score (nSPS) is 20.3. The van der Waals surface area contributed by atoms with Crippen molar-refractivity contribution in [2.45, 2.75) is 6.42 Å². The Hall–Kier alpha value is -2.03. The maximum Gasteiger partial charge on any atom is 0.314 e. The smallest absolute Gasteiger partial charge is 0.314 e. The molecule has 1 rings (SSSR count). The number of nitriles is 1. The number of esters is 1. The summed E-state index contributed by atoms with van der Waals surface area (Å²) in [6, 6.07) is 1.83. The van der Waals surface area contributed by atoms with Crippen LogP contribution in [0.25, 0.3) is 0 Å². The number of rotatable bonds is 2. The van der Waals surface area contributed by atoms with Crippen molar-refractivity contribution in [2.75, 3.05) is 14.2 Å². The summed E-state index contributed by atoms with van der Waals surface area (Å²) in [6.45, 7) is 0. The molecule has 6 heteroatoms. The van der Waals surface area contributed by atoms with Gasteiger partial charge in [0.15, 0.2) is 0 Å². The highest BCUT2D eigenvalue weighted by Crippen LogP contribution is 2.23. The SMILES string of the molecule is COC(=O)C1CC(=O)NC(OC)=C1C#N. The lowest BCUT2D eigenvalue weighted by molar-refractivity contribution is -0.146. The maximum absolute atomic E-state index is 11.3. The van der Waals surface area contributed by atoms with Crippen molar-refractivity contribution in [1.29, 1.82) is 5.26 Å². The average molecular weight is 210 g/mol. The van der Waals surface area contributed by atoms with E-state index in [0.717, 1.165) is 0 Å². The lowest BCUT2D eigenvalue weighted by Gasteiger charge is -2.21. The van der Waals surface area contributed by atoms with E-state index in [0.29, 0.717) is 0 Å². The summed E-state index contributed by atoms with van der Waals surface area (Å²) in [4.78, 5) is 22.5. The Morgan fingerprint density at radius 2 is 2.27 bits per heavy atom. The third kappa shape index (κ3) is 2.07. The Morgan fingerprint density at radius 1 is 1.60 bits per heavy atom. The molecule has 0 saturated carbocycles. The Morgan fingerprint density at radius 3 is 2.73 bits per heavy atom. The molecular weight excluding hydrogens is 200 g/mol. The standard InChI is InChI=1S/C9H10N2O4/c1-14-8-6(4-10)5(9(13)15-2)3-7(12)11-8/h5H,3H2,1-2H3,(H,11,12). The molecule has 1 unspecified atom stereocenters. The van der Waals surface area contributed by atoms with Gasteiger partial charge in [-0.05, 0) is 0 Å². The summed E-state index contributed by atoms with van der Waals surface area (Å²) in [7, 11) is 2.52. The van der Waals surface area contributed by atoms with Crippen LogP contribution < -0.4 is 5.32 Å². The van der Waals surface area contributed by atoms with Gasteiger partial charge in [0, 0.05) is 6.42 Å². The van der Waals surface area contributed by atoms with Gasteiger partial charge in [-0.3, -0.25) is 14.9 Å². The van der Waals surface area contributed by atoms with Crippen molar-refractivity contribution in [1.82, 2.24) is 5.32 Å². The number of carbonyl (C=O) groups is 2. The molecule has 6 nitrogen and oxygen atoms in total. The number of methoxy groups -OCH3 is 2. The molecule has 0 fully saturated rings. The fourth-order valence-corrected chi connectivity index (χ4v) is 1.32. The van der Waals surface area contributed by atoms with Crippen molar-refractivity contribution in [3.63, 3.8) is 0 Å². The average Bonchev–Trinajstić information content (AvgIpc) is 2.26. The monoisotopic (exact) mass is 210 g/mol. The van der Waals surface area contributed by atoms with Gasteiger partial charge < -0.3 is 9.47 Å². The number of nitrogens with zero attached hydrogens (tertiary/aromatic N) is 1. The molecule has 15 heavy (non-hydrogen) atoms. The van der Waals surface area contributed by atoms with E-state index >= 15 is 0 Å². The molecule has 0 radical (unpaired) electrons. The Labute approximate surface area is 86.5 Å². The summed E-state index contributed by atoms with van der Waals surface area (Å²) in [5.41, 5.74) is 0.0870. The second-order valence-corrected chi connectivity index (χ2v) is 2.89. The summed E-state index contributed by atoms with van der Waals surface area (Å²) in [5, 5.41) is 11.2. The van der Waals surface area contributed by atoms with E-state index in [9.17, 15) is 9.59 Å². The van der Waals surface area contributed by atoms with Crippen molar-refractivity contribution in [2.24, 2.45) is 5.92 Å². The highest BCUT2D eigenvalue weighted by Gasteiger charge is 2.34. The zero-order valence-corrected chi connectivity index (χ0v) is 8.36. The molecule has 0 spiro atoms. The zero-order valence-electron chi connectivity index (χ0n) is 8.36. The van der Waals surface area contributed by atoms with Crippen molar-refractivity contribution in [3.8, 4) is 6.07 Å². The highest BCUT2D eigenvalue weighted by atomic mass is 16.5. The third-order valence-corrected chi connectivity index (χ3v) is 2.05. The molecule has 1 atom stereocenters. The number of nitrogens with one attached hydrogen (secondary N) is 1. The number of ether oxygens (including phenoxy) is 2. The van der Waals surface area contributed by atoms with E-state index in [4.69, 9.17) is 10.00 Å². The molecule has 1 heterocycles. The third-order valence-electron chi connectivity index (χ3n) is 2.05. The van der Waals surface area contributed by atoms with Gasteiger partial charge in [0.25, 0.3) is 0 Å². The van der Waals surface area contributed by atoms with Crippen LogP contribution in [0.3, 0.4) is 0 Å². The molecule has 80 valence electrons. The summed E-state index contributed by atoms with van der Waals surface area (Å²) in [6.07, 6.45) is -0.0948. The van der Waals surface area contributed by atoms with Gasteiger partial charge in [0.1, 0.15) is 17.6 Å². The fraction of sp³-hybridized carbons (Fsp3) is 0.444. The first-order chi connectivity index (χ1) is 7.13. The van der Waals surface area contributed by atoms with Gasteiger partial charge in [-0.2, -0.15) is 5.26 Å². The van der Waals surface area contributed by atoms with Crippen LogP contribution >= 0.6 is 0 Å². The molecule has 1 N–H and O–H groups in total. The molecule has 0 aromatic rings. The zero-order chi connectivity index (χ0) is 11.4. The predicted molar refractivity (Wildman–Crippen MR) is 47.9 cm³/mol. The van der Waals surface area contributed by atoms with Crippen molar-refractivity contribution in [3.05, 3.63) is 11.5 Å². The number of carbonyl (C=O) groups excluding carboxylic acids is 2. The second kappa shape index (κ2) is 4.46. The lowest BCUT2D eigenvalue weighted by Crippen LogP contribution is -2.37. The van der Waals surface area contributed by atoms with Crippen LogP contribution in [0, 0.1) is 17.2 Å². The second-order valence-electron chi connectivity index (χ2n) is 2.89. The van der Waals surface area contributed by atoms with Gasteiger partial charge >= 0.3 is 5.97 Å².